The molecule has 16 heavy (non-hydrogen) atoms. The van der Waals surface area contributed by atoms with Gasteiger partial charge in [-0.1, -0.05) is 0 Å². The van der Waals surface area contributed by atoms with Crippen molar-refractivity contribution < 1.29 is 9.13 Å². The van der Waals surface area contributed by atoms with Crippen LogP contribution >= 0.6 is 0 Å². The SMILES string of the molecule is CN(CC1CCCO1)c1nc(N)ncc1F. The smallest absolute Gasteiger partial charge is 0.222 e. The van der Waals surface area contributed by atoms with Crippen molar-refractivity contribution in [2.75, 3.05) is 30.8 Å². The summed E-state index contributed by atoms with van der Waals surface area (Å²) in [5, 5.41) is 0. The van der Waals surface area contributed by atoms with Crippen LogP contribution in [-0.4, -0.2) is 36.3 Å². The molecular weight excluding hydrogens is 211 g/mol. The van der Waals surface area contributed by atoms with Gasteiger partial charge in [-0.15, -0.1) is 0 Å². The van der Waals surface area contributed by atoms with E-state index in [4.69, 9.17) is 10.5 Å². The molecule has 1 aliphatic rings. The lowest BCUT2D eigenvalue weighted by Crippen LogP contribution is -2.30. The van der Waals surface area contributed by atoms with Gasteiger partial charge in [-0.05, 0) is 12.8 Å². The molecule has 0 radical (unpaired) electrons. The van der Waals surface area contributed by atoms with E-state index in [0.29, 0.717) is 6.54 Å². The number of rotatable bonds is 3. The topological polar surface area (TPSA) is 64.3 Å². The second kappa shape index (κ2) is 4.61. The number of nitrogens with zero attached hydrogens (tertiary/aromatic N) is 3. The molecule has 2 heterocycles. The minimum atomic E-state index is -0.463. The minimum Gasteiger partial charge on any atom is -0.376 e. The molecule has 0 spiro atoms. The molecule has 1 fully saturated rings. The number of likely N-dealkylation sites (N-methyl/N-ethyl adjacent to an activating group) is 1. The van der Waals surface area contributed by atoms with Gasteiger partial charge in [-0.25, -0.2) is 9.37 Å². The van der Waals surface area contributed by atoms with Crippen molar-refractivity contribution in [3.8, 4) is 0 Å². The first kappa shape index (κ1) is 11.1. The molecule has 0 aliphatic carbocycles. The van der Waals surface area contributed by atoms with Gasteiger partial charge >= 0.3 is 0 Å². The molecule has 0 saturated carbocycles. The van der Waals surface area contributed by atoms with Crippen LogP contribution in [0, 0.1) is 5.82 Å². The highest BCUT2D eigenvalue weighted by Gasteiger charge is 2.20. The molecule has 0 aromatic carbocycles. The van der Waals surface area contributed by atoms with Gasteiger partial charge in [0, 0.05) is 20.2 Å². The fourth-order valence-corrected chi connectivity index (χ4v) is 1.82. The fourth-order valence-electron chi connectivity index (χ4n) is 1.82. The van der Waals surface area contributed by atoms with Crippen LogP contribution in [0.3, 0.4) is 0 Å². The molecule has 88 valence electrons. The number of nitrogens with two attached hydrogens (primary N) is 1. The predicted molar refractivity (Wildman–Crippen MR) is 58.6 cm³/mol. The minimum absolute atomic E-state index is 0.0793. The van der Waals surface area contributed by atoms with E-state index in [1.807, 2.05) is 0 Å². The third-order valence-electron chi connectivity index (χ3n) is 2.61. The van der Waals surface area contributed by atoms with E-state index < -0.39 is 5.82 Å². The van der Waals surface area contributed by atoms with Crippen LogP contribution in [-0.2, 0) is 4.74 Å². The predicted octanol–water partition coefficient (Wildman–Crippen LogP) is 0.813. The number of halogens is 1. The van der Waals surface area contributed by atoms with Crippen LogP contribution in [0.25, 0.3) is 0 Å². The highest BCUT2D eigenvalue weighted by molar-refractivity contribution is 5.41. The molecule has 1 aliphatic heterocycles. The average Bonchev–Trinajstić information content (AvgIpc) is 2.74. The molecule has 1 aromatic rings. The monoisotopic (exact) mass is 226 g/mol. The van der Waals surface area contributed by atoms with E-state index in [2.05, 4.69) is 9.97 Å². The van der Waals surface area contributed by atoms with Crippen LogP contribution in [0.4, 0.5) is 16.2 Å². The summed E-state index contributed by atoms with van der Waals surface area (Å²) in [5.74, 6) is -0.159. The van der Waals surface area contributed by atoms with Gasteiger partial charge in [0.2, 0.25) is 5.95 Å². The second-order valence-electron chi connectivity index (χ2n) is 3.92. The number of hydrogen-bond donors (Lipinski definition) is 1. The molecule has 0 amide bonds. The normalized spacial score (nSPS) is 20.0. The summed E-state index contributed by atoms with van der Waals surface area (Å²) in [5.41, 5.74) is 5.43. The maximum atomic E-state index is 13.4. The zero-order valence-corrected chi connectivity index (χ0v) is 9.19. The van der Waals surface area contributed by atoms with Crippen molar-refractivity contribution in [1.82, 2.24) is 9.97 Å². The fraction of sp³-hybridized carbons (Fsp3) is 0.600. The standard InChI is InChI=1S/C10H15FN4O/c1-15(6-7-3-2-4-16-7)9-8(11)5-13-10(12)14-9/h5,7H,2-4,6H2,1H3,(H2,12,13,14). The zero-order chi connectivity index (χ0) is 11.5. The number of ether oxygens (including phenoxy) is 1. The molecule has 6 heteroatoms. The Hall–Kier alpha value is -1.43. The molecule has 1 saturated heterocycles. The summed E-state index contributed by atoms with van der Waals surface area (Å²) in [7, 11) is 1.77. The van der Waals surface area contributed by atoms with E-state index >= 15 is 0 Å². The summed E-state index contributed by atoms with van der Waals surface area (Å²) in [6, 6.07) is 0. The molecule has 1 unspecified atom stereocenters. The Bertz CT molecular complexity index is 368. The van der Waals surface area contributed by atoms with Crippen molar-refractivity contribution >= 4 is 11.8 Å². The van der Waals surface area contributed by atoms with Crippen LogP contribution in [0.15, 0.2) is 6.20 Å². The maximum Gasteiger partial charge on any atom is 0.222 e. The first-order valence-electron chi connectivity index (χ1n) is 5.27. The largest absolute Gasteiger partial charge is 0.376 e. The highest BCUT2D eigenvalue weighted by Crippen LogP contribution is 2.18. The lowest BCUT2D eigenvalue weighted by molar-refractivity contribution is 0.116. The summed E-state index contributed by atoms with van der Waals surface area (Å²) in [4.78, 5) is 9.18. The maximum absolute atomic E-state index is 13.4. The number of aromatic nitrogens is 2. The Balaban J connectivity index is 2.07. The van der Waals surface area contributed by atoms with Crippen molar-refractivity contribution in [3.05, 3.63) is 12.0 Å². The Morgan fingerprint density at radius 1 is 1.69 bits per heavy atom. The third-order valence-corrected chi connectivity index (χ3v) is 2.61. The van der Waals surface area contributed by atoms with Crippen LogP contribution in [0.5, 0.6) is 0 Å². The molecule has 2 N–H and O–H groups in total. The van der Waals surface area contributed by atoms with Crippen molar-refractivity contribution in [3.63, 3.8) is 0 Å². The third kappa shape index (κ3) is 2.38. The average molecular weight is 226 g/mol. The van der Waals surface area contributed by atoms with E-state index in [0.717, 1.165) is 25.6 Å². The molecule has 2 rings (SSSR count). The van der Waals surface area contributed by atoms with E-state index in [9.17, 15) is 4.39 Å². The van der Waals surface area contributed by atoms with Gasteiger partial charge in [0.25, 0.3) is 0 Å². The molecule has 1 atom stereocenters. The van der Waals surface area contributed by atoms with Gasteiger partial charge in [0.05, 0.1) is 12.3 Å². The van der Waals surface area contributed by atoms with Gasteiger partial charge in [-0.3, -0.25) is 0 Å². The zero-order valence-electron chi connectivity index (χ0n) is 9.19. The van der Waals surface area contributed by atoms with Crippen LogP contribution in [0.1, 0.15) is 12.8 Å². The van der Waals surface area contributed by atoms with Crippen LogP contribution < -0.4 is 10.6 Å². The van der Waals surface area contributed by atoms with Crippen LogP contribution in [0.2, 0.25) is 0 Å². The van der Waals surface area contributed by atoms with Gasteiger partial charge in [-0.2, -0.15) is 4.98 Å². The molecule has 0 bridgehead atoms. The first-order chi connectivity index (χ1) is 7.66. The summed E-state index contributed by atoms with van der Waals surface area (Å²) in [6.45, 7) is 1.40. The number of anilines is 2. The van der Waals surface area contributed by atoms with Gasteiger partial charge in [0.15, 0.2) is 11.6 Å². The number of nitrogen functional groups attached to an aromatic ring is 1. The highest BCUT2D eigenvalue weighted by atomic mass is 19.1. The number of hydrogen-bond acceptors (Lipinski definition) is 5. The summed E-state index contributed by atoms with van der Waals surface area (Å²) in [6.07, 6.45) is 3.31. The second-order valence-corrected chi connectivity index (χ2v) is 3.92. The quantitative estimate of drug-likeness (QED) is 0.826. The Kier molecular flexibility index (Phi) is 3.19. The van der Waals surface area contributed by atoms with Crippen molar-refractivity contribution in [2.45, 2.75) is 18.9 Å². The Morgan fingerprint density at radius 2 is 2.50 bits per heavy atom. The summed E-state index contributed by atoms with van der Waals surface area (Å²) < 4.78 is 18.9. The van der Waals surface area contributed by atoms with Gasteiger partial charge in [0.1, 0.15) is 0 Å². The van der Waals surface area contributed by atoms with Gasteiger partial charge < -0.3 is 15.4 Å². The Labute approximate surface area is 93.4 Å². The first-order valence-corrected chi connectivity index (χ1v) is 5.27. The molecule has 1 aromatic heterocycles. The molecular formula is C10H15FN4O. The van der Waals surface area contributed by atoms with Crippen molar-refractivity contribution in [1.29, 1.82) is 0 Å². The van der Waals surface area contributed by atoms with Crippen molar-refractivity contribution in [2.24, 2.45) is 0 Å². The molecule has 5 nitrogen and oxygen atoms in total. The van der Waals surface area contributed by atoms with E-state index in [1.54, 1.807) is 11.9 Å². The summed E-state index contributed by atoms with van der Waals surface area (Å²) >= 11 is 0. The Morgan fingerprint density at radius 3 is 3.19 bits per heavy atom. The lowest BCUT2D eigenvalue weighted by Gasteiger charge is -2.21. The van der Waals surface area contributed by atoms with E-state index in [-0.39, 0.29) is 17.9 Å². The lowest BCUT2D eigenvalue weighted by atomic mass is 10.2. The van der Waals surface area contributed by atoms with E-state index in [1.165, 1.54) is 0 Å².